The number of imide groups is 2. The fourth-order valence-corrected chi connectivity index (χ4v) is 8.42. The topological polar surface area (TPSA) is 104 Å². The van der Waals surface area contributed by atoms with Crippen molar-refractivity contribution in [1.82, 2.24) is 4.90 Å². The maximum absolute atomic E-state index is 15.1. The number of phenolic OH excluding ortho intramolecular Hbond substituents is 1. The number of carbonyl (C=O) groups excluding carboxylic acids is 4. The van der Waals surface area contributed by atoms with E-state index in [0.717, 1.165) is 4.90 Å². The maximum atomic E-state index is 15.1. The predicted octanol–water partition coefficient (Wildman–Crippen LogP) is 5.05. The molecule has 2 heterocycles. The molecule has 2 aromatic carbocycles. The van der Waals surface area contributed by atoms with Gasteiger partial charge in [0, 0.05) is 23.0 Å². The number of likely N-dealkylation sites (tertiary alicyclic amines) is 1. The summed E-state index contributed by atoms with van der Waals surface area (Å²) in [6.07, 6.45) is 0.865. The van der Waals surface area contributed by atoms with E-state index >= 15 is 8.78 Å². The van der Waals surface area contributed by atoms with E-state index in [1.807, 2.05) is 0 Å². The molecule has 1 saturated carbocycles. The molecule has 6 rings (SSSR count). The van der Waals surface area contributed by atoms with E-state index in [1.54, 1.807) is 0 Å². The van der Waals surface area contributed by atoms with Crippen LogP contribution in [0.4, 0.5) is 27.6 Å². The molecule has 2 saturated heterocycles. The molecule has 0 radical (unpaired) electrons. The van der Waals surface area contributed by atoms with Crippen LogP contribution < -0.4 is 9.64 Å². The fourth-order valence-electron chi connectivity index (χ4n) is 7.04. The molecular formula is C28H18BrCl2F5N2O6. The molecule has 8 nitrogen and oxygen atoms in total. The SMILES string of the molecule is COc1cc(Br)cc([C@H]2C3=CC[C@@H]4C(=O)N(C)C(=O)[C@@H]4[C@@H]3C[C@@]3(Cl)C(=O)N(c4c(F)c(F)c(F)c(F)c4F)C(=O)[C@@]23Cl)c1O. The number of ether oxygens (including phenoxy) is 1. The average Bonchev–Trinajstić information content (AvgIpc) is 3.30. The molecule has 4 aliphatic rings. The van der Waals surface area contributed by atoms with Crippen LogP contribution in [0.1, 0.15) is 24.3 Å². The summed E-state index contributed by atoms with van der Waals surface area (Å²) in [6, 6.07) is 2.67. The number of alkyl halides is 2. The van der Waals surface area contributed by atoms with Gasteiger partial charge in [0.05, 0.1) is 18.9 Å². The van der Waals surface area contributed by atoms with Crippen molar-refractivity contribution in [3.8, 4) is 11.5 Å². The first-order valence-corrected chi connectivity index (χ1v) is 14.4. The molecule has 0 spiro atoms. The highest BCUT2D eigenvalue weighted by Gasteiger charge is 2.77. The van der Waals surface area contributed by atoms with E-state index in [1.165, 1.54) is 32.4 Å². The molecule has 6 atom stereocenters. The molecule has 0 aromatic heterocycles. The summed E-state index contributed by atoms with van der Waals surface area (Å²) < 4.78 is 78.1. The lowest BCUT2D eigenvalue weighted by atomic mass is 9.56. The van der Waals surface area contributed by atoms with Crippen LogP contribution in [-0.2, 0) is 19.2 Å². The first-order chi connectivity index (χ1) is 20.5. The molecule has 44 heavy (non-hydrogen) atoms. The minimum absolute atomic E-state index is 0.0143. The number of amides is 4. The monoisotopic (exact) mass is 722 g/mol. The highest BCUT2D eigenvalue weighted by Crippen LogP contribution is 2.67. The van der Waals surface area contributed by atoms with Crippen molar-refractivity contribution in [2.75, 3.05) is 19.1 Å². The van der Waals surface area contributed by atoms with Crippen molar-refractivity contribution < 1.29 is 51.0 Å². The number of hydrogen-bond donors (Lipinski definition) is 1. The van der Waals surface area contributed by atoms with Crippen LogP contribution in [-0.4, -0.2) is 57.5 Å². The third-order valence-electron chi connectivity index (χ3n) is 9.04. The van der Waals surface area contributed by atoms with Crippen LogP contribution in [0.2, 0.25) is 0 Å². The zero-order chi connectivity index (χ0) is 32.4. The zero-order valence-corrected chi connectivity index (χ0v) is 25.5. The van der Waals surface area contributed by atoms with E-state index in [4.69, 9.17) is 27.9 Å². The summed E-state index contributed by atoms with van der Waals surface area (Å²) in [6.45, 7) is 0. The molecule has 3 fully saturated rings. The lowest BCUT2D eigenvalue weighted by molar-refractivity contribution is -0.138. The summed E-state index contributed by atoms with van der Waals surface area (Å²) in [5, 5.41) is 11.2. The van der Waals surface area contributed by atoms with Gasteiger partial charge in [-0.1, -0.05) is 27.6 Å². The van der Waals surface area contributed by atoms with Gasteiger partial charge in [0.2, 0.25) is 17.6 Å². The number of anilines is 1. The normalized spacial score (nSPS) is 31.3. The Balaban J connectivity index is 1.65. The Hall–Kier alpha value is -3.23. The second-order valence-electron chi connectivity index (χ2n) is 11.0. The number of aromatic hydroxyl groups is 1. The van der Waals surface area contributed by atoms with Crippen molar-refractivity contribution in [1.29, 1.82) is 0 Å². The largest absolute Gasteiger partial charge is 0.504 e. The molecule has 1 N–H and O–H groups in total. The quantitative estimate of drug-likeness (QED) is 0.119. The Morgan fingerprint density at radius 2 is 1.52 bits per heavy atom. The first kappa shape index (κ1) is 30.8. The number of hydrogen-bond acceptors (Lipinski definition) is 6. The van der Waals surface area contributed by atoms with Gasteiger partial charge in [-0.25, -0.2) is 26.9 Å². The molecule has 16 heteroatoms. The molecule has 232 valence electrons. The Morgan fingerprint density at radius 1 is 0.932 bits per heavy atom. The van der Waals surface area contributed by atoms with Crippen molar-refractivity contribution in [2.45, 2.75) is 28.5 Å². The summed E-state index contributed by atoms with van der Waals surface area (Å²) in [5.74, 6) is -22.2. The van der Waals surface area contributed by atoms with E-state index in [9.17, 15) is 37.5 Å². The number of halogens is 8. The maximum Gasteiger partial charge on any atom is 0.258 e. The predicted molar refractivity (Wildman–Crippen MR) is 147 cm³/mol. The van der Waals surface area contributed by atoms with E-state index in [2.05, 4.69) is 15.9 Å². The van der Waals surface area contributed by atoms with Crippen LogP contribution >= 0.6 is 39.1 Å². The van der Waals surface area contributed by atoms with Gasteiger partial charge in [0.1, 0.15) is 5.69 Å². The number of allylic oxidation sites excluding steroid dienone is 2. The van der Waals surface area contributed by atoms with Gasteiger partial charge < -0.3 is 9.84 Å². The van der Waals surface area contributed by atoms with Crippen molar-refractivity contribution in [2.24, 2.45) is 17.8 Å². The zero-order valence-electron chi connectivity index (χ0n) is 22.4. The van der Waals surface area contributed by atoms with Crippen LogP contribution in [0, 0.1) is 46.8 Å². The lowest BCUT2D eigenvalue weighted by Gasteiger charge is -2.50. The van der Waals surface area contributed by atoms with E-state index < -0.39 is 104 Å². The van der Waals surface area contributed by atoms with Crippen molar-refractivity contribution in [3.05, 3.63) is 62.9 Å². The summed E-state index contributed by atoms with van der Waals surface area (Å²) >= 11 is 17.3. The minimum Gasteiger partial charge on any atom is -0.504 e. The van der Waals surface area contributed by atoms with Gasteiger partial charge >= 0.3 is 0 Å². The molecule has 4 amide bonds. The van der Waals surface area contributed by atoms with Crippen LogP contribution in [0.3, 0.4) is 0 Å². The minimum atomic E-state index is -2.76. The van der Waals surface area contributed by atoms with E-state index in [-0.39, 0.29) is 32.7 Å². The Bertz CT molecular complexity index is 1750. The molecule has 2 aromatic rings. The number of nitrogens with zero attached hydrogens (tertiary/aromatic N) is 2. The smallest absolute Gasteiger partial charge is 0.258 e. The third-order valence-corrected chi connectivity index (χ3v) is 10.9. The molecule has 2 aliphatic carbocycles. The molecule has 2 aliphatic heterocycles. The standard InChI is InChI=1S/C28H18BrCl2F5N2O6/c1-37-23(40)10-4-3-9-12(14(10)24(37)41)7-27(30)25(42)38(21-19(35)17(33)16(32)18(34)20(21)36)26(43)28(27,31)15(9)11-5-8(29)6-13(44-2)22(11)39/h3,5-6,10,12,14-15,39H,4,7H2,1-2H3/t10-,12+,14-,15+,27+,28-/m0/s1. The van der Waals surface area contributed by atoms with Gasteiger partial charge in [0.15, 0.2) is 44.5 Å². The number of methoxy groups -OCH3 is 1. The average molecular weight is 724 g/mol. The van der Waals surface area contributed by atoms with Gasteiger partial charge in [0.25, 0.3) is 11.8 Å². The Labute approximate surface area is 263 Å². The highest BCUT2D eigenvalue weighted by atomic mass is 79.9. The third kappa shape index (κ3) is 3.61. The summed E-state index contributed by atoms with van der Waals surface area (Å²) in [4.78, 5) is 49.7. The number of benzene rings is 2. The highest BCUT2D eigenvalue weighted by molar-refractivity contribution is 9.10. The summed E-state index contributed by atoms with van der Waals surface area (Å²) in [5.41, 5.74) is -1.86. The number of carbonyl (C=O) groups is 4. The van der Waals surface area contributed by atoms with Crippen molar-refractivity contribution >= 4 is 68.4 Å². The number of rotatable bonds is 3. The van der Waals surface area contributed by atoms with Gasteiger partial charge in [-0.15, -0.1) is 23.2 Å². The second-order valence-corrected chi connectivity index (χ2v) is 13.1. The van der Waals surface area contributed by atoms with Crippen LogP contribution in [0.5, 0.6) is 11.5 Å². The van der Waals surface area contributed by atoms with Gasteiger partial charge in [-0.05, 0) is 30.9 Å². The Kier molecular flexibility index (Phi) is 6.91. The van der Waals surface area contributed by atoms with Crippen molar-refractivity contribution in [3.63, 3.8) is 0 Å². The fraction of sp³-hybridized carbons (Fsp3) is 0.357. The molecular weight excluding hydrogens is 706 g/mol. The van der Waals surface area contributed by atoms with Crippen LogP contribution in [0.25, 0.3) is 0 Å². The Morgan fingerprint density at radius 3 is 2.11 bits per heavy atom. The van der Waals surface area contributed by atoms with Crippen LogP contribution in [0.15, 0.2) is 28.3 Å². The first-order valence-electron chi connectivity index (χ1n) is 12.9. The number of phenols is 1. The summed E-state index contributed by atoms with van der Waals surface area (Å²) in [7, 11) is 2.49. The molecule has 0 bridgehead atoms. The lowest BCUT2D eigenvalue weighted by Crippen LogP contribution is -2.60. The van der Waals surface area contributed by atoms with Gasteiger partial charge in [-0.2, -0.15) is 0 Å². The second kappa shape index (κ2) is 9.88. The number of fused-ring (bicyclic) bond motifs is 4. The van der Waals surface area contributed by atoms with E-state index in [0.29, 0.717) is 0 Å². The van der Waals surface area contributed by atoms with Gasteiger partial charge in [-0.3, -0.25) is 24.1 Å². The molecule has 0 unspecified atom stereocenters.